The lowest BCUT2D eigenvalue weighted by molar-refractivity contribution is -0.660. The highest BCUT2D eigenvalue weighted by molar-refractivity contribution is 6.31. The molecular formula is C18H21ClN3O2+. The van der Waals surface area contributed by atoms with Gasteiger partial charge in [0, 0.05) is 28.9 Å². The first kappa shape index (κ1) is 18.0. The Morgan fingerprint density at radius 1 is 1.12 bits per heavy atom. The topological polar surface area (TPSA) is 74.8 Å². The van der Waals surface area contributed by atoms with Crippen molar-refractivity contribution in [2.24, 2.45) is 0 Å². The van der Waals surface area contributed by atoms with Crippen LogP contribution in [0.2, 0.25) is 5.02 Å². The molecular weight excluding hydrogens is 326 g/mol. The second-order valence-corrected chi connectivity index (χ2v) is 5.89. The summed E-state index contributed by atoms with van der Waals surface area (Å²) in [5, 5.41) is 8.01. The molecule has 0 unspecified atom stereocenters. The molecule has 6 heteroatoms. The Labute approximate surface area is 146 Å². The molecule has 0 aliphatic rings. The lowest BCUT2D eigenvalue weighted by Gasteiger charge is -2.08. The number of nitrogens with one attached hydrogen (secondary N) is 2. The number of likely N-dealkylation sites (N-methyl/N-ethyl adjacent to an activating group) is 1. The molecule has 0 aliphatic heterocycles. The van der Waals surface area contributed by atoms with E-state index in [1.807, 2.05) is 30.4 Å². The van der Waals surface area contributed by atoms with Crippen molar-refractivity contribution in [2.45, 2.75) is 13.5 Å². The fourth-order valence-corrected chi connectivity index (χ4v) is 2.31. The Bertz CT molecular complexity index is 730. The average Bonchev–Trinajstić information content (AvgIpc) is 2.58. The van der Waals surface area contributed by atoms with Crippen LogP contribution in [0.5, 0.6) is 0 Å². The Hall–Kier alpha value is -2.37. The van der Waals surface area contributed by atoms with Gasteiger partial charge in [0.15, 0.2) is 6.54 Å². The monoisotopic (exact) mass is 346 g/mol. The van der Waals surface area contributed by atoms with Crippen molar-refractivity contribution < 1.29 is 14.9 Å². The second-order valence-electron chi connectivity index (χ2n) is 5.49. The van der Waals surface area contributed by atoms with Crippen LogP contribution in [0.3, 0.4) is 0 Å². The lowest BCUT2D eigenvalue weighted by Crippen LogP contribution is -2.85. The Balaban J connectivity index is 1.93. The molecule has 0 aromatic heterocycles. The first-order valence-electron chi connectivity index (χ1n) is 7.68. The van der Waals surface area contributed by atoms with Gasteiger partial charge in [-0.05, 0) is 42.8 Å². The summed E-state index contributed by atoms with van der Waals surface area (Å²) >= 11 is 5.98. The van der Waals surface area contributed by atoms with Crippen LogP contribution >= 0.6 is 11.6 Å². The third-order valence-electron chi connectivity index (χ3n) is 3.62. The number of nitrogens with two attached hydrogens (primary N) is 1. The van der Waals surface area contributed by atoms with Crippen molar-refractivity contribution >= 4 is 29.1 Å². The summed E-state index contributed by atoms with van der Waals surface area (Å²) in [6.07, 6.45) is 0. The number of amides is 2. The summed E-state index contributed by atoms with van der Waals surface area (Å²) in [7, 11) is 1.62. The molecule has 0 bridgehead atoms. The van der Waals surface area contributed by atoms with Crippen LogP contribution in [0.4, 0.5) is 5.69 Å². The largest absolute Gasteiger partial charge is 0.354 e. The number of quaternary nitrogens is 1. The maximum Gasteiger partial charge on any atom is 0.274 e. The molecule has 0 saturated carbocycles. The number of benzene rings is 2. The van der Waals surface area contributed by atoms with Crippen molar-refractivity contribution in [1.82, 2.24) is 5.32 Å². The molecule has 0 heterocycles. The summed E-state index contributed by atoms with van der Waals surface area (Å²) in [6, 6.07) is 12.7. The van der Waals surface area contributed by atoms with Gasteiger partial charge in [-0.1, -0.05) is 23.7 Å². The van der Waals surface area contributed by atoms with Crippen molar-refractivity contribution in [3.63, 3.8) is 0 Å². The fraction of sp³-hybridized carbons (Fsp3) is 0.222. The number of carbonyl (C=O) groups is 2. The molecule has 126 valence electrons. The summed E-state index contributed by atoms with van der Waals surface area (Å²) in [4.78, 5) is 23.4. The number of aryl methyl sites for hydroxylation is 1. The zero-order valence-corrected chi connectivity index (χ0v) is 14.5. The predicted octanol–water partition coefficient (Wildman–Crippen LogP) is 1.71. The highest BCUT2D eigenvalue weighted by atomic mass is 35.5. The molecule has 2 rings (SSSR count). The van der Waals surface area contributed by atoms with Gasteiger partial charge in [0.2, 0.25) is 0 Å². The molecule has 2 aromatic carbocycles. The normalized spacial score (nSPS) is 10.3. The third-order valence-corrected chi connectivity index (χ3v) is 4.04. The number of hydrogen-bond donors (Lipinski definition) is 3. The van der Waals surface area contributed by atoms with Gasteiger partial charge < -0.3 is 16.0 Å². The van der Waals surface area contributed by atoms with E-state index in [2.05, 4.69) is 10.6 Å². The number of halogens is 1. The van der Waals surface area contributed by atoms with E-state index in [9.17, 15) is 9.59 Å². The van der Waals surface area contributed by atoms with E-state index in [1.165, 1.54) is 0 Å². The minimum Gasteiger partial charge on any atom is -0.354 e. The van der Waals surface area contributed by atoms with E-state index in [0.29, 0.717) is 29.4 Å². The van der Waals surface area contributed by atoms with Gasteiger partial charge in [-0.25, -0.2) is 0 Å². The first-order valence-corrected chi connectivity index (χ1v) is 8.06. The number of anilines is 1. The third kappa shape index (κ3) is 5.08. The molecule has 0 atom stereocenters. The van der Waals surface area contributed by atoms with Crippen molar-refractivity contribution in [3.05, 3.63) is 64.2 Å². The zero-order valence-electron chi connectivity index (χ0n) is 13.7. The van der Waals surface area contributed by atoms with Gasteiger partial charge >= 0.3 is 0 Å². The molecule has 0 aliphatic carbocycles. The van der Waals surface area contributed by atoms with E-state index in [1.54, 1.807) is 31.3 Å². The van der Waals surface area contributed by atoms with Gasteiger partial charge in [-0.2, -0.15) is 0 Å². The van der Waals surface area contributed by atoms with E-state index >= 15 is 0 Å². The summed E-state index contributed by atoms with van der Waals surface area (Å²) in [6.45, 7) is 2.96. The van der Waals surface area contributed by atoms with Gasteiger partial charge in [-0.15, -0.1) is 0 Å². The van der Waals surface area contributed by atoms with Crippen molar-refractivity contribution in [1.29, 1.82) is 0 Å². The zero-order chi connectivity index (χ0) is 17.5. The average molecular weight is 347 g/mol. The van der Waals surface area contributed by atoms with E-state index in [4.69, 9.17) is 11.6 Å². The lowest BCUT2D eigenvalue weighted by atomic mass is 10.1. The molecule has 4 N–H and O–H groups in total. The molecule has 0 spiro atoms. The van der Waals surface area contributed by atoms with Crippen molar-refractivity contribution in [3.8, 4) is 0 Å². The van der Waals surface area contributed by atoms with Crippen LogP contribution in [0.1, 0.15) is 21.5 Å². The Morgan fingerprint density at radius 2 is 1.83 bits per heavy atom. The maximum atomic E-state index is 12.3. The van der Waals surface area contributed by atoms with Gasteiger partial charge in [0.25, 0.3) is 11.8 Å². The highest BCUT2D eigenvalue weighted by Crippen LogP contribution is 2.20. The van der Waals surface area contributed by atoms with Gasteiger partial charge in [0.1, 0.15) is 6.54 Å². The molecule has 0 saturated heterocycles. The number of hydrogen-bond acceptors (Lipinski definition) is 2. The van der Waals surface area contributed by atoms with Gasteiger partial charge in [0.05, 0.1) is 0 Å². The quantitative estimate of drug-likeness (QED) is 0.745. The van der Waals surface area contributed by atoms with Crippen LogP contribution < -0.4 is 16.0 Å². The Morgan fingerprint density at radius 3 is 2.46 bits per heavy atom. The molecule has 2 amide bonds. The van der Waals surface area contributed by atoms with E-state index < -0.39 is 0 Å². The molecule has 2 aromatic rings. The second kappa shape index (κ2) is 8.47. The smallest absolute Gasteiger partial charge is 0.274 e. The van der Waals surface area contributed by atoms with Crippen LogP contribution in [0.25, 0.3) is 0 Å². The van der Waals surface area contributed by atoms with Crippen LogP contribution in [-0.2, 0) is 11.3 Å². The van der Waals surface area contributed by atoms with E-state index in [0.717, 1.165) is 11.1 Å². The summed E-state index contributed by atoms with van der Waals surface area (Å²) in [5.74, 6) is -0.179. The van der Waals surface area contributed by atoms with Crippen LogP contribution in [0.15, 0.2) is 42.5 Å². The first-order chi connectivity index (χ1) is 11.5. The van der Waals surface area contributed by atoms with E-state index in [-0.39, 0.29) is 11.8 Å². The maximum absolute atomic E-state index is 12.3. The summed E-state index contributed by atoms with van der Waals surface area (Å²) in [5.41, 5.74) is 3.26. The summed E-state index contributed by atoms with van der Waals surface area (Å²) < 4.78 is 0. The van der Waals surface area contributed by atoms with Gasteiger partial charge in [-0.3, -0.25) is 9.59 Å². The SMILES string of the molecule is CNC(=O)C[NH2+]Cc1ccc(C(=O)Nc2ccc(Cl)c(C)c2)cc1. The minimum absolute atomic E-state index is 0.00995. The minimum atomic E-state index is -0.169. The fourth-order valence-electron chi connectivity index (χ4n) is 2.19. The number of carbonyl (C=O) groups excluding carboxylic acids is 2. The number of rotatable bonds is 6. The molecule has 0 fully saturated rings. The molecule has 0 radical (unpaired) electrons. The molecule has 5 nitrogen and oxygen atoms in total. The van der Waals surface area contributed by atoms with Crippen LogP contribution in [-0.4, -0.2) is 25.4 Å². The van der Waals surface area contributed by atoms with Crippen molar-refractivity contribution in [2.75, 3.05) is 18.9 Å². The predicted molar refractivity (Wildman–Crippen MR) is 95.1 cm³/mol. The highest BCUT2D eigenvalue weighted by Gasteiger charge is 2.08. The standard InChI is InChI=1S/C18H20ClN3O2/c1-12-9-15(7-8-16(12)19)22-18(24)14-5-3-13(4-6-14)10-21-11-17(23)20-2/h3-9,21H,10-11H2,1-2H3,(H,20,23)(H,22,24)/p+1. The Kier molecular flexibility index (Phi) is 6.35. The molecule has 24 heavy (non-hydrogen) atoms. The van der Waals surface area contributed by atoms with Crippen LogP contribution in [0, 0.1) is 6.92 Å².